The molecule has 0 saturated heterocycles. The molecule has 0 atom stereocenters. The third-order valence-corrected chi connectivity index (χ3v) is 5.43. The molecule has 0 unspecified atom stereocenters. The van der Waals surface area contributed by atoms with Crippen LogP contribution in [0.4, 0.5) is 0 Å². The van der Waals surface area contributed by atoms with E-state index >= 15 is 0 Å². The Morgan fingerprint density at radius 2 is 1.77 bits per heavy atom. The summed E-state index contributed by atoms with van der Waals surface area (Å²) in [5, 5.41) is 0. The van der Waals surface area contributed by atoms with Crippen LogP contribution in [0.25, 0.3) is 0 Å². The van der Waals surface area contributed by atoms with Crippen molar-refractivity contribution >= 4 is 5.91 Å². The Bertz CT molecular complexity index is 933. The van der Waals surface area contributed by atoms with Crippen molar-refractivity contribution in [2.75, 3.05) is 13.2 Å². The molecular weight excluding hydrogens is 384 g/mol. The lowest BCUT2D eigenvalue weighted by atomic mass is 10.1. The molecule has 1 heterocycles. The number of hydrogen-bond acceptors (Lipinski definition) is 2. The van der Waals surface area contributed by atoms with E-state index in [0.717, 1.165) is 43.6 Å². The predicted molar refractivity (Wildman–Crippen MR) is 126 cm³/mol. The third-order valence-electron chi connectivity index (χ3n) is 5.43. The molecule has 0 saturated carbocycles. The Morgan fingerprint density at radius 3 is 2.55 bits per heavy atom. The molecule has 0 radical (unpaired) electrons. The van der Waals surface area contributed by atoms with Gasteiger partial charge in [-0.1, -0.05) is 79.9 Å². The number of carbonyl (C=O) groups is 1. The van der Waals surface area contributed by atoms with Crippen LogP contribution < -0.4 is 0 Å². The van der Waals surface area contributed by atoms with Crippen molar-refractivity contribution in [1.29, 1.82) is 0 Å². The Morgan fingerprint density at radius 1 is 0.968 bits per heavy atom. The monoisotopic (exact) mass is 418 g/mol. The van der Waals surface area contributed by atoms with Crippen LogP contribution in [0, 0.1) is 6.92 Å². The van der Waals surface area contributed by atoms with E-state index in [2.05, 4.69) is 61.0 Å². The van der Waals surface area contributed by atoms with Gasteiger partial charge in [-0.25, -0.2) is 0 Å². The van der Waals surface area contributed by atoms with Crippen molar-refractivity contribution in [3.05, 3.63) is 95.3 Å². The summed E-state index contributed by atoms with van der Waals surface area (Å²) in [6.45, 7) is 7.04. The van der Waals surface area contributed by atoms with Gasteiger partial charge in [0.2, 0.25) is 5.91 Å². The van der Waals surface area contributed by atoms with E-state index in [9.17, 15) is 4.79 Å². The van der Waals surface area contributed by atoms with Gasteiger partial charge in [0.15, 0.2) is 0 Å². The summed E-state index contributed by atoms with van der Waals surface area (Å²) in [5.74, 6) is 0.0512. The highest BCUT2D eigenvalue weighted by Crippen LogP contribution is 2.13. The molecule has 4 heteroatoms. The Balaban J connectivity index is 1.62. The third kappa shape index (κ3) is 7.41. The van der Waals surface area contributed by atoms with Crippen LogP contribution in [0.15, 0.2) is 72.9 Å². The van der Waals surface area contributed by atoms with Gasteiger partial charge in [0, 0.05) is 25.0 Å². The number of rotatable bonds is 12. The minimum absolute atomic E-state index is 0.0512. The number of ether oxygens (including phenoxy) is 1. The largest absolute Gasteiger partial charge is 0.367 e. The van der Waals surface area contributed by atoms with Gasteiger partial charge < -0.3 is 14.2 Å². The van der Waals surface area contributed by atoms with E-state index in [1.165, 1.54) is 11.1 Å². The average molecular weight is 419 g/mol. The first-order valence-corrected chi connectivity index (χ1v) is 11.2. The van der Waals surface area contributed by atoms with Gasteiger partial charge in [-0.05, 0) is 36.6 Å². The van der Waals surface area contributed by atoms with Gasteiger partial charge in [-0.3, -0.25) is 4.79 Å². The maximum Gasteiger partial charge on any atom is 0.248 e. The van der Waals surface area contributed by atoms with E-state index in [-0.39, 0.29) is 12.5 Å². The van der Waals surface area contributed by atoms with E-state index in [1.54, 1.807) is 0 Å². The highest BCUT2D eigenvalue weighted by Gasteiger charge is 2.16. The maximum atomic E-state index is 13.0. The SMILES string of the molecule is CCCCCN(Cc1cccn1Cc1cccc(C)c1)C(=O)COCc1ccccc1. The summed E-state index contributed by atoms with van der Waals surface area (Å²) in [6.07, 6.45) is 5.37. The predicted octanol–water partition coefficient (Wildman–Crippen LogP) is 5.58. The lowest BCUT2D eigenvalue weighted by molar-refractivity contribution is -0.137. The summed E-state index contributed by atoms with van der Waals surface area (Å²) in [4.78, 5) is 14.9. The van der Waals surface area contributed by atoms with Crippen molar-refractivity contribution < 1.29 is 9.53 Å². The fraction of sp³-hybridized carbons (Fsp3) is 0.370. The molecule has 0 N–H and O–H groups in total. The topological polar surface area (TPSA) is 34.5 Å². The van der Waals surface area contributed by atoms with Gasteiger partial charge in [0.25, 0.3) is 0 Å². The van der Waals surface area contributed by atoms with Crippen LogP contribution >= 0.6 is 0 Å². The Hall–Kier alpha value is -2.85. The zero-order chi connectivity index (χ0) is 21.9. The average Bonchev–Trinajstić information content (AvgIpc) is 3.20. The second-order valence-corrected chi connectivity index (χ2v) is 8.12. The molecule has 1 aromatic heterocycles. The summed E-state index contributed by atoms with van der Waals surface area (Å²) >= 11 is 0. The van der Waals surface area contributed by atoms with E-state index < -0.39 is 0 Å². The number of nitrogens with zero attached hydrogens (tertiary/aromatic N) is 2. The fourth-order valence-corrected chi connectivity index (χ4v) is 3.72. The standard InChI is InChI=1S/C27H34N2O2/c1-3-4-8-16-29(27(30)22-31-21-24-12-6-5-7-13-24)20-26-15-10-17-28(26)19-25-14-9-11-23(2)18-25/h5-7,9-15,17-18H,3-4,8,16,19-22H2,1-2H3. The number of amides is 1. The number of carbonyl (C=O) groups excluding carboxylic acids is 1. The number of aromatic nitrogens is 1. The number of benzene rings is 2. The molecule has 31 heavy (non-hydrogen) atoms. The quantitative estimate of drug-likeness (QED) is 0.360. The van der Waals surface area contributed by atoms with Crippen LogP contribution in [0.1, 0.15) is 48.6 Å². The first-order valence-electron chi connectivity index (χ1n) is 11.2. The smallest absolute Gasteiger partial charge is 0.248 e. The minimum atomic E-state index is 0.0512. The van der Waals surface area contributed by atoms with Crippen LogP contribution in [0.2, 0.25) is 0 Å². The molecule has 0 fully saturated rings. The van der Waals surface area contributed by atoms with Gasteiger partial charge in [-0.2, -0.15) is 0 Å². The van der Waals surface area contributed by atoms with Crippen LogP contribution in [-0.2, 0) is 29.2 Å². The molecule has 2 aromatic carbocycles. The first-order chi connectivity index (χ1) is 15.2. The molecule has 1 amide bonds. The molecule has 164 valence electrons. The summed E-state index contributed by atoms with van der Waals surface area (Å²) in [7, 11) is 0. The molecule has 0 aliphatic rings. The van der Waals surface area contributed by atoms with Crippen molar-refractivity contribution in [3.8, 4) is 0 Å². The van der Waals surface area contributed by atoms with Crippen LogP contribution in [-0.4, -0.2) is 28.5 Å². The van der Waals surface area contributed by atoms with E-state index in [4.69, 9.17) is 4.74 Å². The zero-order valence-electron chi connectivity index (χ0n) is 18.8. The van der Waals surface area contributed by atoms with Crippen molar-refractivity contribution in [2.45, 2.75) is 52.8 Å². The fourth-order valence-electron chi connectivity index (χ4n) is 3.72. The van der Waals surface area contributed by atoms with Gasteiger partial charge in [0.05, 0.1) is 13.2 Å². The molecule has 3 aromatic rings. The number of hydrogen-bond donors (Lipinski definition) is 0. The van der Waals surface area contributed by atoms with E-state index in [0.29, 0.717) is 13.2 Å². The summed E-state index contributed by atoms with van der Waals surface area (Å²) < 4.78 is 7.96. The number of unbranched alkanes of at least 4 members (excludes halogenated alkanes) is 2. The zero-order valence-corrected chi connectivity index (χ0v) is 18.8. The van der Waals surface area contributed by atoms with Crippen molar-refractivity contribution in [2.24, 2.45) is 0 Å². The second kappa shape index (κ2) is 12.1. The lowest BCUT2D eigenvalue weighted by Gasteiger charge is -2.24. The van der Waals surface area contributed by atoms with Crippen molar-refractivity contribution in [3.63, 3.8) is 0 Å². The molecule has 0 bridgehead atoms. The summed E-state index contributed by atoms with van der Waals surface area (Å²) in [6, 6.07) is 22.7. The van der Waals surface area contributed by atoms with E-state index in [1.807, 2.05) is 35.2 Å². The highest BCUT2D eigenvalue weighted by atomic mass is 16.5. The summed E-state index contributed by atoms with van der Waals surface area (Å²) in [5.41, 5.74) is 4.76. The van der Waals surface area contributed by atoms with Crippen LogP contribution in [0.3, 0.4) is 0 Å². The van der Waals surface area contributed by atoms with Gasteiger partial charge >= 0.3 is 0 Å². The second-order valence-electron chi connectivity index (χ2n) is 8.12. The minimum Gasteiger partial charge on any atom is -0.367 e. The molecule has 3 rings (SSSR count). The molecule has 0 aliphatic carbocycles. The normalized spacial score (nSPS) is 10.9. The first kappa shape index (κ1) is 22.8. The molecule has 4 nitrogen and oxygen atoms in total. The maximum absolute atomic E-state index is 13.0. The van der Waals surface area contributed by atoms with Gasteiger partial charge in [0.1, 0.15) is 6.61 Å². The van der Waals surface area contributed by atoms with Crippen molar-refractivity contribution in [1.82, 2.24) is 9.47 Å². The van der Waals surface area contributed by atoms with Crippen LogP contribution in [0.5, 0.6) is 0 Å². The molecule has 0 aliphatic heterocycles. The Kier molecular flexibility index (Phi) is 8.92. The molecular formula is C27H34N2O2. The number of aryl methyl sites for hydroxylation is 1. The van der Waals surface area contributed by atoms with Gasteiger partial charge in [-0.15, -0.1) is 0 Å². The highest BCUT2D eigenvalue weighted by molar-refractivity contribution is 5.77. The lowest BCUT2D eigenvalue weighted by Crippen LogP contribution is -2.35. The Labute approximate surface area is 186 Å². The molecule has 0 spiro atoms.